The van der Waals surface area contributed by atoms with Crippen LogP contribution in [0.5, 0.6) is 0 Å². The molecule has 0 saturated carbocycles. The molecule has 0 aromatic heterocycles. The largest absolute Gasteiger partial charge is 0.481 e. The van der Waals surface area contributed by atoms with Gasteiger partial charge in [0.15, 0.2) is 0 Å². The zero-order valence-corrected chi connectivity index (χ0v) is 11.3. The molecule has 2 rings (SSSR count). The van der Waals surface area contributed by atoms with Crippen LogP contribution in [0.3, 0.4) is 0 Å². The topological polar surface area (TPSA) is 78.4 Å². The number of benzene rings is 2. The van der Waals surface area contributed by atoms with Gasteiger partial charge in [0.25, 0.3) is 0 Å². The number of rotatable bonds is 5. The van der Waals surface area contributed by atoms with E-state index in [-0.39, 0.29) is 6.42 Å². The van der Waals surface area contributed by atoms with E-state index < -0.39 is 18.0 Å². The van der Waals surface area contributed by atoms with Gasteiger partial charge in [-0.3, -0.25) is 4.79 Å². The third kappa shape index (κ3) is 4.65. The fourth-order valence-electron chi connectivity index (χ4n) is 1.96. The average molecular weight is 284 g/mol. The van der Waals surface area contributed by atoms with Crippen molar-refractivity contribution in [2.24, 2.45) is 0 Å². The van der Waals surface area contributed by atoms with E-state index in [1.54, 1.807) is 36.4 Å². The summed E-state index contributed by atoms with van der Waals surface area (Å²) >= 11 is 0. The van der Waals surface area contributed by atoms with E-state index in [0.29, 0.717) is 5.69 Å². The van der Waals surface area contributed by atoms with Crippen molar-refractivity contribution in [3.05, 3.63) is 66.2 Å². The molecule has 2 aromatic carbocycles. The van der Waals surface area contributed by atoms with Crippen molar-refractivity contribution < 1.29 is 14.7 Å². The number of amides is 2. The van der Waals surface area contributed by atoms with Crippen molar-refractivity contribution in [3.63, 3.8) is 0 Å². The molecule has 0 aliphatic carbocycles. The van der Waals surface area contributed by atoms with Gasteiger partial charge >= 0.3 is 12.0 Å². The van der Waals surface area contributed by atoms with Crippen LogP contribution in [0.2, 0.25) is 0 Å². The van der Waals surface area contributed by atoms with E-state index in [9.17, 15) is 9.59 Å². The lowest BCUT2D eigenvalue weighted by Gasteiger charge is -2.18. The molecule has 0 aliphatic heterocycles. The fraction of sp³-hybridized carbons (Fsp3) is 0.125. The maximum absolute atomic E-state index is 12.0. The second kappa shape index (κ2) is 7.09. The minimum Gasteiger partial charge on any atom is -0.481 e. The lowest BCUT2D eigenvalue weighted by molar-refractivity contribution is -0.137. The van der Waals surface area contributed by atoms with Crippen molar-refractivity contribution in [1.29, 1.82) is 0 Å². The Hall–Kier alpha value is -2.82. The number of carboxylic acids is 1. The third-order valence-electron chi connectivity index (χ3n) is 2.92. The monoisotopic (exact) mass is 284 g/mol. The highest BCUT2D eigenvalue weighted by atomic mass is 16.4. The van der Waals surface area contributed by atoms with Gasteiger partial charge in [0.2, 0.25) is 0 Å². The SMILES string of the molecule is O=C(O)CC(NC(=O)Nc1ccccc1)c1ccccc1. The quantitative estimate of drug-likeness (QED) is 0.789. The Bertz CT molecular complexity index is 599. The lowest BCUT2D eigenvalue weighted by Crippen LogP contribution is -2.33. The Labute approximate surface area is 122 Å². The number of anilines is 1. The van der Waals surface area contributed by atoms with Crippen LogP contribution in [0.25, 0.3) is 0 Å². The summed E-state index contributed by atoms with van der Waals surface area (Å²) < 4.78 is 0. The molecule has 0 bridgehead atoms. The van der Waals surface area contributed by atoms with Gasteiger partial charge in [-0.2, -0.15) is 0 Å². The highest BCUT2D eigenvalue weighted by Gasteiger charge is 2.17. The average Bonchev–Trinajstić information content (AvgIpc) is 2.48. The van der Waals surface area contributed by atoms with Crippen LogP contribution in [-0.2, 0) is 4.79 Å². The molecule has 1 atom stereocenters. The molecule has 5 heteroatoms. The van der Waals surface area contributed by atoms with Gasteiger partial charge in [-0.1, -0.05) is 48.5 Å². The van der Waals surface area contributed by atoms with Crippen LogP contribution >= 0.6 is 0 Å². The van der Waals surface area contributed by atoms with Crippen molar-refractivity contribution in [2.45, 2.75) is 12.5 Å². The molecule has 0 radical (unpaired) electrons. The van der Waals surface area contributed by atoms with E-state index in [1.807, 2.05) is 24.3 Å². The molecule has 0 heterocycles. The third-order valence-corrected chi connectivity index (χ3v) is 2.92. The Morgan fingerprint density at radius 3 is 2.10 bits per heavy atom. The standard InChI is InChI=1S/C16H16N2O3/c19-15(20)11-14(12-7-3-1-4-8-12)18-16(21)17-13-9-5-2-6-10-13/h1-10,14H,11H2,(H,19,20)(H2,17,18,21). The molecule has 3 N–H and O–H groups in total. The van der Waals surface area contributed by atoms with Crippen molar-refractivity contribution in [3.8, 4) is 0 Å². The first-order valence-electron chi connectivity index (χ1n) is 6.54. The summed E-state index contributed by atoms with van der Waals surface area (Å²) in [5.41, 5.74) is 1.40. The predicted molar refractivity (Wildman–Crippen MR) is 80.0 cm³/mol. The summed E-state index contributed by atoms with van der Waals surface area (Å²) in [5.74, 6) is -0.969. The van der Waals surface area contributed by atoms with Crippen LogP contribution in [-0.4, -0.2) is 17.1 Å². The first-order valence-corrected chi connectivity index (χ1v) is 6.54. The van der Waals surface area contributed by atoms with Crippen LogP contribution in [0.1, 0.15) is 18.0 Å². The van der Waals surface area contributed by atoms with Crippen LogP contribution in [0, 0.1) is 0 Å². The number of carbonyl (C=O) groups is 2. The lowest BCUT2D eigenvalue weighted by atomic mass is 10.0. The van der Waals surface area contributed by atoms with Gasteiger partial charge in [-0.05, 0) is 17.7 Å². The number of urea groups is 1. The second-order valence-corrected chi connectivity index (χ2v) is 4.53. The highest BCUT2D eigenvalue weighted by molar-refractivity contribution is 5.89. The van der Waals surface area contributed by atoms with Crippen molar-refractivity contribution in [2.75, 3.05) is 5.32 Å². The van der Waals surface area contributed by atoms with Gasteiger partial charge in [0.1, 0.15) is 0 Å². The number of carboxylic acid groups (broad SMARTS) is 1. The van der Waals surface area contributed by atoms with Crippen LogP contribution in [0.4, 0.5) is 10.5 Å². The molecule has 21 heavy (non-hydrogen) atoms. The van der Waals surface area contributed by atoms with Crippen molar-refractivity contribution >= 4 is 17.7 Å². The molecule has 0 spiro atoms. The van der Waals surface area contributed by atoms with Gasteiger partial charge in [0, 0.05) is 5.69 Å². The van der Waals surface area contributed by atoms with E-state index in [2.05, 4.69) is 10.6 Å². The summed E-state index contributed by atoms with van der Waals surface area (Å²) in [5, 5.41) is 14.3. The van der Waals surface area contributed by atoms with Gasteiger partial charge in [-0.25, -0.2) is 4.79 Å². The van der Waals surface area contributed by atoms with Crippen molar-refractivity contribution in [1.82, 2.24) is 5.32 Å². The Balaban J connectivity index is 2.05. The van der Waals surface area contributed by atoms with E-state index in [0.717, 1.165) is 5.56 Å². The van der Waals surface area contributed by atoms with E-state index in [4.69, 9.17) is 5.11 Å². The minimum atomic E-state index is -0.969. The Morgan fingerprint density at radius 2 is 1.52 bits per heavy atom. The summed E-state index contributed by atoms with van der Waals surface area (Å²) in [6.45, 7) is 0. The predicted octanol–water partition coefficient (Wildman–Crippen LogP) is 3.02. The summed E-state index contributed by atoms with van der Waals surface area (Å²) in [7, 11) is 0. The second-order valence-electron chi connectivity index (χ2n) is 4.53. The number of para-hydroxylation sites is 1. The Morgan fingerprint density at radius 1 is 0.952 bits per heavy atom. The number of carbonyl (C=O) groups excluding carboxylic acids is 1. The van der Waals surface area contributed by atoms with Crippen LogP contribution in [0.15, 0.2) is 60.7 Å². The molecule has 2 aromatic rings. The molecule has 108 valence electrons. The molecule has 0 saturated heterocycles. The Kier molecular flexibility index (Phi) is 4.93. The smallest absolute Gasteiger partial charge is 0.319 e. The number of nitrogens with one attached hydrogen (secondary N) is 2. The summed E-state index contributed by atoms with van der Waals surface area (Å²) in [6, 6.07) is 17.0. The van der Waals surface area contributed by atoms with Gasteiger partial charge in [-0.15, -0.1) is 0 Å². The molecule has 0 aliphatic rings. The highest BCUT2D eigenvalue weighted by Crippen LogP contribution is 2.17. The van der Waals surface area contributed by atoms with Gasteiger partial charge < -0.3 is 15.7 Å². The number of aliphatic carboxylic acids is 1. The first kappa shape index (κ1) is 14.6. The molecule has 2 amide bonds. The van der Waals surface area contributed by atoms with Gasteiger partial charge in [0.05, 0.1) is 12.5 Å². The van der Waals surface area contributed by atoms with Crippen LogP contribution < -0.4 is 10.6 Å². The normalized spacial score (nSPS) is 11.4. The molecule has 0 fully saturated rings. The molecule has 1 unspecified atom stereocenters. The zero-order chi connectivity index (χ0) is 15.1. The van der Waals surface area contributed by atoms with E-state index in [1.165, 1.54) is 0 Å². The summed E-state index contributed by atoms with van der Waals surface area (Å²) in [6.07, 6.45) is -0.174. The maximum atomic E-state index is 12.0. The fourth-order valence-corrected chi connectivity index (χ4v) is 1.96. The minimum absolute atomic E-state index is 0.174. The number of hydrogen-bond acceptors (Lipinski definition) is 2. The molecule has 5 nitrogen and oxygen atoms in total. The maximum Gasteiger partial charge on any atom is 0.319 e. The van der Waals surface area contributed by atoms with E-state index >= 15 is 0 Å². The molecular weight excluding hydrogens is 268 g/mol. The summed E-state index contributed by atoms with van der Waals surface area (Å²) in [4.78, 5) is 22.9. The molecular formula is C16H16N2O3. The first-order chi connectivity index (χ1) is 10.1. The zero-order valence-electron chi connectivity index (χ0n) is 11.3. The number of hydrogen-bond donors (Lipinski definition) is 3.